The van der Waals surface area contributed by atoms with Crippen molar-refractivity contribution in [1.82, 2.24) is 10.3 Å². The number of methoxy groups -OCH3 is 1. The molecular formula is C16H15N3O5. The van der Waals surface area contributed by atoms with Crippen LogP contribution < -0.4 is 5.32 Å². The van der Waals surface area contributed by atoms with E-state index in [1.807, 2.05) is 0 Å². The number of aromatic nitrogens is 1. The van der Waals surface area contributed by atoms with Gasteiger partial charge >= 0.3 is 5.97 Å². The Hall–Kier alpha value is -3.29. The molecule has 1 atom stereocenters. The van der Waals surface area contributed by atoms with E-state index in [1.54, 1.807) is 12.1 Å². The minimum absolute atomic E-state index is 0.0501. The molecule has 1 N–H and O–H groups in total. The summed E-state index contributed by atoms with van der Waals surface area (Å²) < 4.78 is 4.70. The average Bonchev–Trinajstić information content (AvgIpc) is 2.61. The highest BCUT2D eigenvalue weighted by Crippen LogP contribution is 2.13. The molecule has 0 aliphatic rings. The molecule has 8 nitrogen and oxygen atoms in total. The number of amides is 1. The van der Waals surface area contributed by atoms with Gasteiger partial charge in [-0.25, -0.2) is 4.79 Å². The third-order valence-electron chi connectivity index (χ3n) is 3.28. The highest BCUT2D eigenvalue weighted by atomic mass is 16.6. The molecule has 1 heterocycles. The number of non-ortho nitro benzene ring substituents is 1. The van der Waals surface area contributed by atoms with Crippen molar-refractivity contribution in [2.45, 2.75) is 12.5 Å². The maximum Gasteiger partial charge on any atom is 0.328 e. The summed E-state index contributed by atoms with van der Waals surface area (Å²) in [6.07, 6.45) is 1.61. The maximum atomic E-state index is 12.1. The molecule has 1 aromatic carbocycles. The number of nitrogens with zero attached hydrogens (tertiary/aromatic N) is 2. The van der Waals surface area contributed by atoms with Crippen LogP contribution in [0.3, 0.4) is 0 Å². The van der Waals surface area contributed by atoms with Crippen molar-refractivity contribution in [3.63, 3.8) is 0 Å². The molecule has 0 aliphatic heterocycles. The zero-order valence-corrected chi connectivity index (χ0v) is 12.8. The summed E-state index contributed by atoms with van der Waals surface area (Å²) >= 11 is 0. The van der Waals surface area contributed by atoms with E-state index in [-0.39, 0.29) is 17.8 Å². The lowest BCUT2D eigenvalue weighted by Gasteiger charge is -2.16. The molecule has 2 aromatic rings. The lowest BCUT2D eigenvalue weighted by molar-refractivity contribution is -0.384. The number of nitro benzene ring substituents is 1. The topological polar surface area (TPSA) is 111 Å². The second-order valence-corrected chi connectivity index (χ2v) is 4.89. The minimum atomic E-state index is -0.925. The first-order chi connectivity index (χ1) is 11.5. The van der Waals surface area contributed by atoms with Gasteiger partial charge in [0.2, 0.25) is 0 Å². The van der Waals surface area contributed by atoms with E-state index in [0.29, 0.717) is 5.56 Å². The number of benzene rings is 1. The number of pyridine rings is 1. The summed E-state index contributed by atoms with van der Waals surface area (Å²) in [7, 11) is 1.22. The number of carbonyl (C=O) groups excluding carboxylic acids is 2. The van der Waals surface area contributed by atoms with Crippen molar-refractivity contribution in [3.05, 3.63) is 70.0 Å². The van der Waals surface area contributed by atoms with Crippen LogP contribution in [0, 0.1) is 10.1 Å². The fourth-order valence-electron chi connectivity index (χ4n) is 2.05. The highest BCUT2D eigenvalue weighted by molar-refractivity contribution is 5.95. The molecule has 1 amide bonds. The van der Waals surface area contributed by atoms with Crippen LogP contribution in [-0.2, 0) is 16.0 Å². The molecule has 0 saturated heterocycles. The number of hydrogen-bond donors (Lipinski definition) is 1. The predicted molar refractivity (Wildman–Crippen MR) is 84.3 cm³/mol. The molecule has 2 rings (SSSR count). The third-order valence-corrected chi connectivity index (χ3v) is 3.28. The van der Waals surface area contributed by atoms with E-state index < -0.39 is 22.8 Å². The number of nitro groups is 1. The van der Waals surface area contributed by atoms with Gasteiger partial charge in [-0.05, 0) is 17.7 Å². The van der Waals surface area contributed by atoms with Crippen molar-refractivity contribution in [2.75, 3.05) is 7.11 Å². The summed E-state index contributed by atoms with van der Waals surface area (Å²) in [5.41, 5.74) is 0.776. The fraction of sp³-hybridized carbons (Fsp3) is 0.188. The molecule has 0 bridgehead atoms. The summed E-state index contributed by atoms with van der Waals surface area (Å²) in [4.78, 5) is 38.1. The molecular weight excluding hydrogens is 314 g/mol. The van der Waals surface area contributed by atoms with E-state index in [9.17, 15) is 19.7 Å². The summed E-state index contributed by atoms with van der Waals surface area (Å²) in [6, 6.07) is 9.66. The molecule has 0 unspecified atom stereocenters. The van der Waals surface area contributed by atoms with Gasteiger partial charge < -0.3 is 10.1 Å². The monoisotopic (exact) mass is 329 g/mol. The first-order valence-corrected chi connectivity index (χ1v) is 7.04. The average molecular weight is 329 g/mol. The Balaban J connectivity index is 2.12. The second-order valence-electron chi connectivity index (χ2n) is 4.89. The van der Waals surface area contributed by atoms with Gasteiger partial charge in [0.25, 0.3) is 11.6 Å². The maximum absolute atomic E-state index is 12.1. The first kappa shape index (κ1) is 17.1. The van der Waals surface area contributed by atoms with Gasteiger partial charge in [-0.15, -0.1) is 0 Å². The Morgan fingerprint density at radius 3 is 2.50 bits per heavy atom. The van der Waals surface area contributed by atoms with Crippen molar-refractivity contribution >= 4 is 17.6 Å². The van der Waals surface area contributed by atoms with E-state index in [0.717, 1.165) is 0 Å². The molecule has 0 fully saturated rings. The second kappa shape index (κ2) is 7.82. The zero-order valence-electron chi connectivity index (χ0n) is 12.8. The van der Waals surface area contributed by atoms with Crippen molar-refractivity contribution in [2.24, 2.45) is 0 Å². The Morgan fingerprint density at radius 1 is 1.25 bits per heavy atom. The van der Waals surface area contributed by atoms with E-state index >= 15 is 0 Å². The van der Waals surface area contributed by atoms with Gasteiger partial charge in [0.15, 0.2) is 0 Å². The van der Waals surface area contributed by atoms with Gasteiger partial charge in [-0.1, -0.05) is 18.2 Å². The van der Waals surface area contributed by atoms with E-state index in [1.165, 1.54) is 43.6 Å². The van der Waals surface area contributed by atoms with Crippen molar-refractivity contribution in [1.29, 1.82) is 0 Å². The van der Waals surface area contributed by atoms with Crippen LogP contribution >= 0.6 is 0 Å². The van der Waals surface area contributed by atoms with Gasteiger partial charge in [0.05, 0.1) is 12.0 Å². The molecule has 124 valence electrons. The first-order valence-electron chi connectivity index (χ1n) is 7.04. The molecule has 0 aliphatic carbocycles. The SMILES string of the molecule is COC(=O)[C@H](Cc1ccc([N+](=O)[O-])cc1)NC(=O)c1ccccn1. The van der Waals surface area contributed by atoms with Crippen LogP contribution in [0.25, 0.3) is 0 Å². The van der Waals surface area contributed by atoms with Gasteiger partial charge in [0.1, 0.15) is 11.7 Å². The number of nitrogens with one attached hydrogen (secondary N) is 1. The van der Waals surface area contributed by atoms with Crippen LogP contribution in [0.15, 0.2) is 48.7 Å². The minimum Gasteiger partial charge on any atom is -0.467 e. The Labute approximate surface area is 137 Å². The zero-order chi connectivity index (χ0) is 17.5. The molecule has 0 saturated carbocycles. The van der Waals surface area contributed by atoms with Crippen LogP contribution in [0.4, 0.5) is 5.69 Å². The fourth-order valence-corrected chi connectivity index (χ4v) is 2.05. The Kier molecular flexibility index (Phi) is 5.56. The van der Waals surface area contributed by atoms with Gasteiger partial charge in [-0.2, -0.15) is 0 Å². The van der Waals surface area contributed by atoms with Gasteiger partial charge in [0, 0.05) is 24.8 Å². The molecule has 1 aromatic heterocycles. The molecule has 8 heteroatoms. The quantitative estimate of drug-likeness (QED) is 0.488. The highest BCUT2D eigenvalue weighted by Gasteiger charge is 2.23. The molecule has 24 heavy (non-hydrogen) atoms. The van der Waals surface area contributed by atoms with Crippen LogP contribution in [0.2, 0.25) is 0 Å². The van der Waals surface area contributed by atoms with Crippen LogP contribution in [0.5, 0.6) is 0 Å². The summed E-state index contributed by atoms with van der Waals surface area (Å²) in [5.74, 6) is -1.12. The van der Waals surface area contributed by atoms with Crippen LogP contribution in [-0.4, -0.2) is 34.9 Å². The summed E-state index contributed by atoms with van der Waals surface area (Å²) in [5, 5.41) is 13.2. The van der Waals surface area contributed by atoms with Gasteiger partial charge in [-0.3, -0.25) is 19.9 Å². The number of carbonyl (C=O) groups is 2. The smallest absolute Gasteiger partial charge is 0.328 e. The Morgan fingerprint density at radius 2 is 1.96 bits per heavy atom. The van der Waals surface area contributed by atoms with Crippen molar-refractivity contribution in [3.8, 4) is 0 Å². The largest absolute Gasteiger partial charge is 0.467 e. The number of rotatable bonds is 6. The lowest BCUT2D eigenvalue weighted by Crippen LogP contribution is -2.43. The Bertz CT molecular complexity index is 731. The van der Waals surface area contributed by atoms with Crippen molar-refractivity contribution < 1.29 is 19.2 Å². The number of ether oxygens (including phenoxy) is 1. The predicted octanol–water partition coefficient (Wildman–Crippen LogP) is 1.50. The number of hydrogen-bond acceptors (Lipinski definition) is 6. The lowest BCUT2D eigenvalue weighted by atomic mass is 10.1. The van der Waals surface area contributed by atoms with E-state index in [2.05, 4.69) is 10.3 Å². The van der Waals surface area contributed by atoms with Crippen LogP contribution in [0.1, 0.15) is 16.1 Å². The molecule has 0 radical (unpaired) electrons. The standard InChI is InChI=1S/C16H15N3O5/c1-24-16(21)14(18-15(20)13-4-2-3-9-17-13)10-11-5-7-12(8-6-11)19(22)23/h2-9,14H,10H2,1H3,(H,18,20)/t14-/m0/s1. The normalized spacial score (nSPS) is 11.4. The summed E-state index contributed by atoms with van der Waals surface area (Å²) in [6.45, 7) is 0. The van der Waals surface area contributed by atoms with E-state index in [4.69, 9.17) is 4.74 Å². The molecule has 0 spiro atoms. The number of esters is 1. The third kappa shape index (κ3) is 4.35.